The summed E-state index contributed by atoms with van der Waals surface area (Å²) in [7, 11) is 0. The van der Waals surface area contributed by atoms with Crippen molar-refractivity contribution in [1.82, 2.24) is 5.32 Å². The van der Waals surface area contributed by atoms with Crippen molar-refractivity contribution in [3.8, 4) is 18.1 Å². The Morgan fingerprint density at radius 1 is 1.62 bits per heavy atom. The molecule has 0 aliphatic rings. The third kappa shape index (κ3) is 3.03. The van der Waals surface area contributed by atoms with E-state index in [0.29, 0.717) is 12.0 Å². The zero-order valence-corrected chi connectivity index (χ0v) is 9.45. The molecule has 1 aromatic rings. The van der Waals surface area contributed by atoms with E-state index in [0.717, 1.165) is 5.56 Å². The first-order valence-corrected chi connectivity index (χ1v) is 5.08. The molecule has 0 bridgehead atoms. The van der Waals surface area contributed by atoms with E-state index in [2.05, 4.69) is 11.2 Å². The van der Waals surface area contributed by atoms with Gasteiger partial charge in [-0.25, -0.2) is 0 Å². The number of benzene rings is 1. The lowest BCUT2D eigenvalue weighted by Gasteiger charge is -2.11. The van der Waals surface area contributed by atoms with E-state index >= 15 is 0 Å². The molecule has 0 aliphatic heterocycles. The van der Waals surface area contributed by atoms with E-state index in [9.17, 15) is 9.90 Å². The first-order valence-electron chi connectivity index (χ1n) is 5.08. The van der Waals surface area contributed by atoms with E-state index < -0.39 is 0 Å². The fourth-order valence-electron chi connectivity index (χ4n) is 1.29. The van der Waals surface area contributed by atoms with Gasteiger partial charge in [0, 0.05) is 18.0 Å². The molecule has 0 aromatic heterocycles. The Morgan fingerprint density at radius 3 is 2.88 bits per heavy atom. The van der Waals surface area contributed by atoms with Gasteiger partial charge < -0.3 is 10.4 Å². The lowest BCUT2D eigenvalue weighted by Crippen LogP contribution is -2.32. The smallest absolute Gasteiger partial charge is 0.251 e. The molecule has 1 aromatic carbocycles. The van der Waals surface area contributed by atoms with Gasteiger partial charge in [-0.05, 0) is 31.5 Å². The van der Waals surface area contributed by atoms with Gasteiger partial charge >= 0.3 is 0 Å². The van der Waals surface area contributed by atoms with Gasteiger partial charge in [0.1, 0.15) is 5.75 Å². The number of nitrogens with one attached hydrogen (secondary N) is 1. The van der Waals surface area contributed by atoms with Crippen molar-refractivity contribution in [3.05, 3.63) is 29.3 Å². The van der Waals surface area contributed by atoms with Crippen LogP contribution in [0.1, 0.15) is 29.3 Å². The van der Waals surface area contributed by atoms with Crippen LogP contribution in [0, 0.1) is 19.3 Å². The molecule has 0 saturated carbocycles. The predicted octanol–water partition coefficient (Wildman–Crippen LogP) is 1.84. The number of carbonyl (C=O) groups is 1. The summed E-state index contributed by atoms with van der Waals surface area (Å²) in [6, 6.07) is 4.76. The van der Waals surface area contributed by atoms with Crippen LogP contribution < -0.4 is 5.32 Å². The fraction of sp³-hybridized carbons (Fsp3) is 0.308. The third-order valence-corrected chi connectivity index (χ3v) is 2.27. The first kappa shape index (κ1) is 12.1. The molecule has 1 atom stereocenters. The fourth-order valence-corrected chi connectivity index (χ4v) is 1.29. The Morgan fingerprint density at radius 2 is 2.31 bits per heavy atom. The summed E-state index contributed by atoms with van der Waals surface area (Å²) < 4.78 is 0. The summed E-state index contributed by atoms with van der Waals surface area (Å²) in [5.74, 6) is 2.38. The molecule has 0 fully saturated rings. The number of hydrogen-bond acceptors (Lipinski definition) is 2. The average Bonchev–Trinajstić information content (AvgIpc) is 2.22. The summed E-state index contributed by atoms with van der Waals surface area (Å²) in [5.41, 5.74) is 1.18. The average molecular weight is 217 g/mol. The number of carbonyl (C=O) groups excluding carboxylic acids is 1. The Kier molecular flexibility index (Phi) is 3.96. The van der Waals surface area contributed by atoms with Crippen LogP contribution in [-0.4, -0.2) is 17.1 Å². The highest BCUT2D eigenvalue weighted by Crippen LogP contribution is 2.17. The van der Waals surface area contributed by atoms with Crippen molar-refractivity contribution in [1.29, 1.82) is 0 Å². The molecule has 3 heteroatoms. The predicted molar refractivity (Wildman–Crippen MR) is 63.2 cm³/mol. The van der Waals surface area contributed by atoms with E-state index in [1.807, 2.05) is 6.92 Å². The van der Waals surface area contributed by atoms with E-state index in [1.54, 1.807) is 19.1 Å². The third-order valence-electron chi connectivity index (χ3n) is 2.27. The number of aryl methyl sites for hydroxylation is 1. The van der Waals surface area contributed by atoms with E-state index in [-0.39, 0.29) is 17.7 Å². The highest BCUT2D eigenvalue weighted by Gasteiger charge is 2.10. The molecular formula is C13H15NO2. The summed E-state index contributed by atoms with van der Waals surface area (Å²) in [4.78, 5) is 11.7. The molecule has 1 amide bonds. The molecule has 1 rings (SSSR count). The van der Waals surface area contributed by atoms with Gasteiger partial charge in [-0.15, -0.1) is 12.3 Å². The van der Waals surface area contributed by atoms with Crippen LogP contribution in [0.5, 0.6) is 5.75 Å². The Balaban J connectivity index is 2.74. The zero-order valence-electron chi connectivity index (χ0n) is 9.45. The van der Waals surface area contributed by atoms with Crippen LogP contribution in [0.3, 0.4) is 0 Å². The number of phenolic OH excluding ortho intramolecular Hbond substituents is 1. The van der Waals surface area contributed by atoms with Crippen LogP contribution in [0.15, 0.2) is 18.2 Å². The van der Waals surface area contributed by atoms with Crippen LogP contribution in [0.25, 0.3) is 0 Å². The number of rotatable bonds is 3. The van der Waals surface area contributed by atoms with Crippen molar-refractivity contribution in [2.45, 2.75) is 26.3 Å². The summed E-state index contributed by atoms with van der Waals surface area (Å²) >= 11 is 0. The van der Waals surface area contributed by atoms with Gasteiger partial charge in [-0.3, -0.25) is 4.79 Å². The highest BCUT2D eigenvalue weighted by molar-refractivity contribution is 5.94. The zero-order chi connectivity index (χ0) is 12.1. The molecular weight excluding hydrogens is 202 g/mol. The summed E-state index contributed by atoms with van der Waals surface area (Å²) in [5, 5.41) is 12.2. The number of aromatic hydroxyl groups is 1. The first-order chi connectivity index (χ1) is 7.54. The summed E-state index contributed by atoms with van der Waals surface area (Å²) in [6.07, 6.45) is 5.64. The monoisotopic (exact) mass is 217 g/mol. The number of phenols is 1. The van der Waals surface area contributed by atoms with Crippen LogP contribution in [-0.2, 0) is 0 Å². The molecule has 16 heavy (non-hydrogen) atoms. The van der Waals surface area contributed by atoms with Crippen molar-refractivity contribution < 1.29 is 9.90 Å². The molecule has 3 nitrogen and oxygen atoms in total. The number of hydrogen-bond donors (Lipinski definition) is 2. The van der Waals surface area contributed by atoms with Gasteiger partial charge in [0.05, 0.1) is 0 Å². The van der Waals surface area contributed by atoms with Gasteiger partial charge in [-0.1, -0.05) is 6.07 Å². The van der Waals surface area contributed by atoms with Crippen LogP contribution in [0.4, 0.5) is 0 Å². The van der Waals surface area contributed by atoms with Gasteiger partial charge in [0.25, 0.3) is 5.91 Å². The summed E-state index contributed by atoms with van der Waals surface area (Å²) in [6.45, 7) is 3.61. The maximum absolute atomic E-state index is 11.7. The van der Waals surface area contributed by atoms with Crippen LogP contribution >= 0.6 is 0 Å². The molecule has 1 unspecified atom stereocenters. The molecule has 0 saturated heterocycles. The van der Waals surface area contributed by atoms with Crippen molar-refractivity contribution in [2.75, 3.05) is 0 Å². The Labute approximate surface area is 95.5 Å². The second kappa shape index (κ2) is 5.22. The van der Waals surface area contributed by atoms with Gasteiger partial charge in [-0.2, -0.15) is 0 Å². The maximum Gasteiger partial charge on any atom is 0.251 e. The van der Waals surface area contributed by atoms with Crippen molar-refractivity contribution >= 4 is 5.91 Å². The number of amides is 1. The largest absolute Gasteiger partial charge is 0.508 e. The minimum atomic E-state index is -0.224. The lowest BCUT2D eigenvalue weighted by molar-refractivity contribution is 0.0940. The standard InChI is InChI=1S/C13H15NO2/c1-4-5-10(3)14-13(16)11-7-6-9(2)12(15)8-11/h1,6-8,10,15H,5H2,2-3H3,(H,14,16). The van der Waals surface area contributed by atoms with Crippen molar-refractivity contribution in [3.63, 3.8) is 0 Å². The van der Waals surface area contributed by atoms with Crippen LogP contribution in [0.2, 0.25) is 0 Å². The van der Waals surface area contributed by atoms with E-state index in [1.165, 1.54) is 6.07 Å². The molecule has 2 N–H and O–H groups in total. The molecule has 0 radical (unpaired) electrons. The number of terminal acetylenes is 1. The SMILES string of the molecule is C#CCC(C)NC(=O)c1ccc(C)c(O)c1. The second-order valence-corrected chi connectivity index (χ2v) is 3.78. The lowest BCUT2D eigenvalue weighted by atomic mass is 10.1. The minimum Gasteiger partial charge on any atom is -0.508 e. The second-order valence-electron chi connectivity index (χ2n) is 3.78. The van der Waals surface area contributed by atoms with Crippen molar-refractivity contribution in [2.24, 2.45) is 0 Å². The van der Waals surface area contributed by atoms with Gasteiger partial charge in [0.15, 0.2) is 0 Å². The van der Waals surface area contributed by atoms with E-state index in [4.69, 9.17) is 6.42 Å². The molecule has 84 valence electrons. The molecule has 0 spiro atoms. The van der Waals surface area contributed by atoms with Gasteiger partial charge in [0.2, 0.25) is 0 Å². The topological polar surface area (TPSA) is 49.3 Å². The molecule has 0 aliphatic carbocycles. The Bertz CT molecular complexity index is 432. The quantitative estimate of drug-likeness (QED) is 0.759. The minimum absolute atomic E-state index is 0.0686. The Hall–Kier alpha value is -1.95. The molecule has 0 heterocycles. The maximum atomic E-state index is 11.7. The normalized spacial score (nSPS) is 11.6. The highest BCUT2D eigenvalue weighted by atomic mass is 16.3.